The van der Waals surface area contributed by atoms with Crippen LogP contribution < -0.4 is 5.32 Å². The molecule has 0 spiro atoms. The smallest absolute Gasteiger partial charge is 0.276 e. The minimum absolute atomic E-state index is 0.146. The third kappa shape index (κ3) is 4.38. The van der Waals surface area contributed by atoms with Gasteiger partial charge < -0.3 is 14.7 Å². The number of carbonyl (C=O) groups excluding carboxylic acids is 2. The molecule has 3 rings (SSSR count). The Hall–Kier alpha value is -3.48. The number of benzene rings is 1. The van der Waals surface area contributed by atoms with Crippen LogP contribution in [-0.2, 0) is 6.54 Å². The topological polar surface area (TPSA) is 88.3 Å². The SMILES string of the molecule is CC(c1ccccn1)N(C)C(=O)c1cc(CNC(=O)c2ccccc2)on1. The molecule has 1 unspecified atom stereocenters. The molecule has 0 aliphatic carbocycles. The number of rotatable bonds is 6. The van der Waals surface area contributed by atoms with E-state index in [-0.39, 0.29) is 30.1 Å². The zero-order valence-corrected chi connectivity index (χ0v) is 15.1. The Labute approximate surface area is 157 Å². The summed E-state index contributed by atoms with van der Waals surface area (Å²) in [5, 5.41) is 6.56. The second-order valence-corrected chi connectivity index (χ2v) is 6.07. The van der Waals surface area contributed by atoms with E-state index in [9.17, 15) is 9.59 Å². The maximum atomic E-state index is 12.6. The molecule has 0 fully saturated rings. The normalized spacial score (nSPS) is 11.6. The predicted molar refractivity (Wildman–Crippen MR) is 98.9 cm³/mol. The highest BCUT2D eigenvalue weighted by Crippen LogP contribution is 2.18. The molecule has 0 saturated heterocycles. The lowest BCUT2D eigenvalue weighted by Gasteiger charge is -2.23. The van der Waals surface area contributed by atoms with Crippen molar-refractivity contribution in [3.8, 4) is 0 Å². The van der Waals surface area contributed by atoms with Crippen LogP contribution in [0.5, 0.6) is 0 Å². The van der Waals surface area contributed by atoms with Crippen LogP contribution in [0.4, 0.5) is 0 Å². The van der Waals surface area contributed by atoms with Crippen molar-refractivity contribution in [1.29, 1.82) is 0 Å². The van der Waals surface area contributed by atoms with E-state index >= 15 is 0 Å². The van der Waals surface area contributed by atoms with E-state index in [2.05, 4.69) is 15.5 Å². The first kappa shape index (κ1) is 18.3. The molecular formula is C20H20N4O3. The zero-order chi connectivity index (χ0) is 19.2. The van der Waals surface area contributed by atoms with Crippen molar-refractivity contribution in [2.75, 3.05) is 7.05 Å². The van der Waals surface area contributed by atoms with Crippen molar-refractivity contribution >= 4 is 11.8 Å². The molecule has 27 heavy (non-hydrogen) atoms. The van der Waals surface area contributed by atoms with E-state index in [4.69, 9.17) is 4.52 Å². The van der Waals surface area contributed by atoms with Gasteiger partial charge in [-0.1, -0.05) is 29.4 Å². The van der Waals surface area contributed by atoms with Gasteiger partial charge in [-0.2, -0.15) is 0 Å². The molecule has 1 aromatic carbocycles. The number of nitrogens with zero attached hydrogens (tertiary/aromatic N) is 3. The monoisotopic (exact) mass is 364 g/mol. The van der Waals surface area contributed by atoms with Crippen molar-refractivity contribution in [1.82, 2.24) is 20.4 Å². The van der Waals surface area contributed by atoms with Crippen LogP contribution in [0.15, 0.2) is 65.3 Å². The zero-order valence-electron chi connectivity index (χ0n) is 15.1. The van der Waals surface area contributed by atoms with Gasteiger partial charge in [0.05, 0.1) is 18.3 Å². The number of aromatic nitrogens is 2. The Morgan fingerprint density at radius 3 is 2.59 bits per heavy atom. The first-order chi connectivity index (χ1) is 13.1. The third-order valence-corrected chi connectivity index (χ3v) is 4.25. The maximum absolute atomic E-state index is 12.6. The predicted octanol–water partition coefficient (Wildman–Crippen LogP) is 2.83. The summed E-state index contributed by atoms with van der Waals surface area (Å²) in [5.41, 5.74) is 1.52. The summed E-state index contributed by atoms with van der Waals surface area (Å²) >= 11 is 0. The minimum atomic E-state index is -0.280. The molecular weight excluding hydrogens is 344 g/mol. The number of hydrogen-bond acceptors (Lipinski definition) is 5. The molecule has 2 heterocycles. The highest BCUT2D eigenvalue weighted by Gasteiger charge is 2.23. The molecule has 7 heteroatoms. The number of pyridine rings is 1. The molecule has 1 atom stereocenters. The summed E-state index contributed by atoms with van der Waals surface area (Å²) < 4.78 is 5.18. The van der Waals surface area contributed by atoms with Gasteiger partial charge >= 0.3 is 0 Å². The molecule has 0 bridgehead atoms. The Balaban J connectivity index is 1.61. The van der Waals surface area contributed by atoms with Crippen molar-refractivity contribution in [2.45, 2.75) is 19.5 Å². The summed E-state index contributed by atoms with van der Waals surface area (Å²) in [6.45, 7) is 2.04. The molecule has 2 aromatic heterocycles. The number of carbonyl (C=O) groups is 2. The second kappa shape index (κ2) is 8.27. The van der Waals surface area contributed by atoms with Gasteiger partial charge in [-0.15, -0.1) is 0 Å². The molecule has 7 nitrogen and oxygen atoms in total. The van der Waals surface area contributed by atoms with E-state index in [1.54, 1.807) is 42.4 Å². The molecule has 0 saturated carbocycles. The molecule has 3 aromatic rings. The Morgan fingerprint density at radius 1 is 1.15 bits per heavy atom. The molecule has 138 valence electrons. The van der Waals surface area contributed by atoms with E-state index in [0.29, 0.717) is 11.3 Å². The largest absolute Gasteiger partial charge is 0.359 e. The van der Waals surface area contributed by atoms with Crippen LogP contribution in [0.2, 0.25) is 0 Å². The van der Waals surface area contributed by atoms with E-state index in [1.165, 1.54) is 6.07 Å². The summed E-state index contributed by atoms with van der Waals surface area (Å²) in [6.07, 6.45) is 1.69. The second-order valence-electron chi connectivity index (χ2n) is 6.07. The molecule has 1 N–H and O–H groups in total. The number of amides is 2. The Morgan fingerprint density at radius 2 is 1.89 bits per heavy atom. The summed E-state index contributed by atoms with van der Waals surface area (Å²) in [5.74, 6) is -0.0974. The van der Waals surface area contributed by atoms with Gasteiger partial charge in [-0.25, -0.2) is 0 Å². The summed E-state index contributed by atoms with van der Waals surface area (Å²) in [7, 11) is 1.69. The molecule has 0 radical (unpaired) electrons. The quantitative estimate of drug-likeness (QED) is 0.727. The Bertz CT molecular complexity index is 909. The van der Waals surface area contributed by atoms with Crippen LogP contribution in [0.1, 0.15) is 45.3 Å². The van der Waals surface area contributed by atoms with Gasteiger partial charge in [-0.3, -0.25) is 14.6 Å². The van der Waals surface area contributed by atoms with Gasteiger partial charge in [0.2, 0.25) is 0 Å². The third-order valence-electron chi connectivity index (χ3n) is 4.25. The van der Waals surface area contributed by atoms with E-state index in [1.807, 2.05) is 31.2 Å². The van der Waals surface area contributed by atoms with Crippen LogP contribution in [-0.4, -0.2) is 33.9 Å². The standard InChI is InChI=1S/C20H20N4O3/c1-14(17-10-6-7-11-21-17)24(2)20(26)18-12-16(27-23-18)13-22-19(25)15-8-4-3-5-9-15/h3-12,14H,13H2,1-2H3,(H,22,25). The molecule has 2 amide bonds. The fourth-order valence-electron chi connectivity index (χ4n) is 2.53. The van der Waals surface area contributed by atoms with E-state index in [0.717, 1.165) is 5.69 Å². The van der Waals surface area contributed by atoms with Gasteiger partial charge in [-0.05, 0) is 31.2 Å². The lowest BCUT2D eigenvalue weighted by Crippen LogP contribution is -2.30. The lowest BCUT2D eigenvalue weighted by molar-refractivity contribution is 0.0728. The highest BCUT2D eigenvalue weighted by atomic mass is 16.5. The van der Waals surface area contributed by atoms with Gasteiger partial charge in [0.15, 0.2) is 11.5 Å². The van der Waals surface area contributed by atoms with Gasteiger partial charge in [0.1, 0.15) is 0 Å². The van der Waals surface area contributed by atoms with Crippen LogP contribution >= 0.6 is 0 Å². The van der Waals surface area contributed by atoms with Gasteiger partial charge in [0.25, 0.3) is 11.8 Å². The maximum Gasteiger partial charge on any atom is 0.276 e. The van der Waals surface area contributed by atoms with Crippen LogP contribution in [0.3, 0.4) is 0 Å². The minimum Gasteiger partial charge on any atom is -0.359 e. The summed E-state index contributed by atoms with van der Waals surface area (Å²) in [4.78, 5) is 30.5. The van der Waals surface area contributed by atoms with Crippen molar-refractivity contribution in [3.05, 3.63) is 83.5 Å². The first-order valence-corrected chi connectivity index (χ1v) is 8.53. The average Bonchev–Trinajstić information content (AvgIpc) is 3.20. The highest BCUT2D eigenvalue weighted by molar-refractivity contribution is 5.94. The lowest BCUT2D eigenvalue weighted by atomic mass is 10.2. The first-order valence-electron chi connectivity index (χ1n) is 8.53. The van der Waals surface area contributed by atoms with E-state index < -0.39 is 0 Å². The molecule has 0 aliphatic rings. The summed E-state index contributed by atoms with van der Waals surface area (Å²) in [6, 6.07) is 15.8. The van der Waals surface area contributed by atoms with Crippen molar-refractivity contribution in [3.63, 3.8) is 0 Å². The Kier molecular flexibility index (Phi) is 5.61. The van der Waals surface area contributed by atoms with Crippen LogP contribution in [0, 0.1) is 0 Å². The number of hydrogen-bond donors (Lipinski definition) is 1. The van der Waals surface area contributed by atoms with Crippen molar-refractivity contribution in [2.24, 2.45) is 0 Å². The van der Waals surface area contributed by atoms with Crippen molar-refractivity contribution < 1.29 is 14.1 Å². The molecule has 0 aliphatic heterocycles. The fraction of sp³-hybridized carbons (Fsp3) is 0.200. The average molecular weight is 364 g/mol. The van der Waals surface area contributed by atoms with Crippen LogP contribution in [0.25, 0.3) is 0 Å². The number of nitrogens with one attached hydrogen (secondary N) is 1. The fourth-order valence-corrected chi connectivity index (χ4v) is 2.53. The van der Waals surface area contributed by atoms with Gasteiger partial charge in [0, 0.05) is 24.9 Å².